The van der Waals surface area contributed by atoms with E-state index in [1.165, 1.54) is 0 Å². The molecule has 142 valence electrons. The molecule has 2 aromatic rings. The Morgan fingerprint density at radius 2 is 2.00 bits per heavy atom. The molecule has 2 N–H and O–H groups in total. The highest BCUT2D eigenvalue weighted by molar-refractivity contribution is 7.90. The van der Waals surface area contributed by atoms with Gasteiger partial charge in [-0.25, -0.2) is 12.8 Å². The summed E-state index contributed by atoms with van der Waals surface area (Å²) in [5, 5.41) is 5.21. The minimum absolute atomic E-state index is 0.0167. The fraction of sp³-hybridized carbons (Fsp3) is 0.263. The van der Waals surface area contributed by atoms with Crippen LogP contribution in [-0.2, 0) is 25.8 Å². The number of amides is 2. The van der Waals surface area contributed by atoms with Gasteiger partial charge in [0.2, 0.25) is 11.8 Å². The smallest absolute Gasteiger partial charge is 0.227 e. The Morgan fingerprint density at radius 1 is 1.26 bits per heavy atom. The lowest BCUT2D eigenvalue weighted by atomic mass is 9.89. The molecule has 0 aromatic heterocycles. The van der Waals surface area contributed by atoms with E-state index in [1.54, 1.807) is 0 Å². The number of rotatable bonds is 5. The maximum absolute atomic E-state index is 13.9. The molecule has 0 saturated heterocycles. The molecular weight excluding hydrogens is 371 g/mol. The van der Waals surface area contributed by atoms with E-state index >= 15 is 0 Å². The molecule has 0 bridgehead atoms. The standard InChI is InChI=1S/C19H19FN2O4S/c1-27(25,26)14-7-8-15(20)17(11-14)21-18(23)9-6-13-10-12-4-2-3-5-16(12)22-19(13)24/h2-5,7-8,11,13H,6,9-10H2,1H3,(H,21,23)(H,22,24). The highest BCUT2D eigenvalue weighted by Crippen LogP contribution is 2.28. The molecule has 6 nitrogen and oxygen atoms in total. The van der Waals surface area contributed by atoms with Crippen LogP contribution in [0.5, 0.6) is 0 Å². The summed E-state index contributed by atoms with van der Waals surface area (Å²) in [6.07, 6.45) is 1.86. The first-order valence-corrected chi connectivity index (χ1v) is 10.3. The molecular formula is C19H19FN2O4S. The van der Waals surface area contributed by atoms with E-state index in [9.17, 15) is 22.4 Å². The van der Waals surface area contributed by atoms with Crippen LogP contribution in [0.3, 0.4) is 0 Å². The molecule has 1 aliphatic rings. The molecule has 1 atom stereocenters. The van der Waals surface area contributed by atoms with Crippen LogP contribution in [0.4, 0.5) is 15.8 Å². The number of anilines is 2. The van der Waals surface area contributed by atoms with Crippen LogP contribution in [0, 0.1) is 11.7 Å². The summed E-state index contributed by atoms with van der Waals surface area (Å²) in [6, 6.07) is 10.7. The summed E-state index contributed by atoms with van der Waals surface area (Å²) < 4.78 is 37.0. The van der Waals surface area contributed by atoms with Crippen molar-refractivity contribution in [3.8, 4) is 0 Å². The van der Waals surface area contributed by atoms with Gasteiger partial charge in [-0.2, -0.15) is 0 Å². The van der Waals surface area contributed by atoms with Crippen molar-refractivity contribution in [3.05, 3.63) is 53.8 Å². The van der Waals surface area contributed by atoms with Crippen molar-refractivity contribution in [1.29, 1.82) is 0 Å². The largest absolute Gasteiger partial charge is 0.326 e. The molecule has 2 amide bonds. The summed E-state index contributed by atoms with van der Waals surface area (Å²) >= 11 is 0. The maximum atomic E-state index is 13.9. The monoisotopic (exact) mass is 390 g/mol. The summed E-state index contributed by atoms with van der Waals surface area (Å²) in [7, 11) is -3.51. The van der Waals surface area contributed by atoms with Gasteiger partial charge in [0.05, 0.1) is 10.6 Å². The number of hydrogen-bond donors (Lipinski definition) is 2. The van der Waals surface area contributed by atoms with Gasteiger partial charge in [0.25, 0.3) is 0 Å². The summed E-state index contributed by atoms with van der Waals surface area (Å²) in [5.74, 6) is -1.70. The number of nitrogens with one attached hydrogen (secondary N) is 2. The zero-order chi connectivity index (χ0) is 19.6. The van der Waals surface area contributed by atoms with Crippen LogP contribution in [0.1, 0.15) is 18.4 Å². The molecule has 1 unspecified atom stereocenters. The van der Waals surface area contributed by atoms with Gasteiger partial charge >= 0.3 is 0 Å². The molecule has 1 heterocycles. The molecule has 0 aliphatic carbocycles. The van der Waals surface area contributed by atoms with E-state index in [0.29, 0.717) is 12.8 Å². The van der Waals surface area contributed by atoms with Crippen molar-refractivity contribution in [2.45, 2.75) is 24.2 Å². The SMILES string of the molecule is CS(=O)(=O)c1ccc(F)c(NC(=O)CCC2Cc3ccccc3NC2=O)c1. The second kappa shape index (κ2) is 7.48. The van der Waals surface area contributed by atoms with Crippen molar-refractivity contribution in [2.24, 2.45) is 5.92 Å². The average molecular weight is 390 g/mol. The number of para-hydroxylation sites is 1. The highest BCUT2D eigenvalue weighted by Gasteiger charge is 2.26. The van der Waals surface area contributed by atoms with Crippen LogP contribution in [-0.4, -0.2) is 26.5 Å². The van der Waals surface area contributed by atoms with E-state index in [0.717, 1.165) is 35.7 Å². The third-order valence-electron chi connectivity index (χ3n) is 4.47. The van der Waals surface area contributed by atoms with E-state index in [-0.39, 0.29) is 28.8 Å². The number of carbonyl (C=O) groups is 2. The van der Waals surface area contributed by atoms with E-state index in [2.05, 4.69) is 10.6 Å². The zero-order valence-electron chi connectivity index (χ0n) is 14.7. The fourth-order valence-corrected chi connectivity index (χ4v) is 3.64. The first-order valence-electron chi connectivity index (χ1n) is 8.42. The fourth-order valence-electron chi connectivity index (χ4n) is 3.00. The van der Waals surface area contributed by atoms with Crippen LogP contribution >= 0.6 is 0 Å². The zero-order valence-corrected chi connectivity index (χ0v) is 15.5. The Hall–Kier alpha value is -2.74. The number of halogens is 1. The topological polar surface area (TPSA) is 92.3 Å². The number of fused-ring (bicyclic) bond motifs is 1. The third-order valence-corrected chi connectivity index (χ3v) is 5.58. The summed E-state index contributed by atoms with van der Waals surface area (Å²) in [4.78, 5) is 24.2. The molecule has 27 heavy (non-hydrogen) atoms. The van der Waals surface area contributed by atoms with Crippen molar-refractivity contribution in [3.63, 3.8) is 0 Å². The second-order valence-corrected chi connectivity index (χ2v) is 8.56. The minimum atomic E-state index is -3.51. The van der Waals surface area contributed by atoms with Gasteiger partial charge in [0.1, 0.15) is 5.82 Å². The number of hydrogen-bond acceptors (Lipinski definition) is 4. The lowest BCUT2D eigenvalue weighted by molar-refractivity contribution is -0.121. The predicted molar refractivity (Wildman–Crippen MR) is 99.6 cm³/mol. The number of benzene rings is 2. The third kappa shape index (κ3) is 4.51. The Kier molecular flexibility index (Phi) is 5.27. The van der Waals surface area contributed by atoms with Crippen molar-refractivity contribution in [1.82, 2.24) is 0 Å². The number of carbonyl (C=O) groups excluding carboxylic acids is 2. The molecule has 0 spiro atoms. The van der Waals surface area contributed by atoms with Crippen LogP contribution in [0.25, 0.3) is 0 Å². The summed E-state index contributed by atoms with van der Waals surface area (Å²) in [6.45, 7) is 0. The molecule has 0 radical (unpaired) electrons. The van der Waals surface area contributed by atoms with Gasteiger partial charge in [0, 0.05) is 24.3 Å². The molecule has 2 aromatic carbocycles. The predicted octanol–water partition coefficient (Wildman–Crippen LogP) is 2.76. The van der Waals surface area contributed by atoms with Gasteiger partial charge < -0.3 is 10.6 Å². The molecule has 3 rings (SSSR count). The van der Waals surface area contributed by atoms with Crippen molar-refractivity contribution < 1.29 is 22.4 Å². The van der Waals surface area contributed by atoms with E-state index < -0.39 is 21.6 Å². The minimum Gasteiger partial charge on any atom is -0.326 e. The Balaban J connectivity index is 1.63. The van der Waals surface area contributed by atoms with Crippen LogP contribution in [0.2, 0.25) is 0 Å². The Bertz CT molecular complexity index is 1000. The highest BCUT2D eigenvalue weighted by atomic mass is 32.2. The van der Waals surface area contributed by atoms with Gasteiger partial charge in [-0.3, -0.25) is 9.59 Å². The Morgan fingerprint density at radius 3 is 2.74 bits per heavy atom. The van der Waals surface area contributed by atoms with Crippen LogP contribution in [0.15, 0.2) is 47.4 Å². The molecule has 8 heteroatoms. The molecule has 1 aliphatic heterocycles. The van der Waals surface area contributed by atoms with E-state index in [4.69, 9.17) is 0 Å². The normalized spacial score (nSPS) is 16.4. The molecule has 0 saturated carbocycles. The first-order chi connectivity index (χ1) is 12.7. The number of sulfone groups is 1. The molecule has 0 fully saturated rings. The van der Waals surface area contributed by atoms with Gasteiger partial charge in [0.15, 0.2) is 9.84 Å². The lowest BCUT2D eigenvalue weighted by Gasteiger charge is -2.24. The first kappa shape index (κ1) is 19.0. The van der Waals surface area contributed by atoms with Gasteiger partial charge in [-0.1, -0.05) is 18.2 Å². The lowest BCUT2D eigenvalue weighted by Crippen LogP contribution is -2.30. The van der Waals surface area contributed by atoms with Crippen molar-refractivity contribution >= 4 is 33.0 Å². The summed E-state index contributed by atoms with van der Waals surface area (Å²) in [5.41, 5.74) is 1.60. The second-order valence-electron chi connectivity index (χ2n) is 6.55. The van der Waals surface area contributed by atoms with Gasteiger partial charge in [-0.15, -0.1) is 0 Å². The van der Waals surface area contributed by atoms with Gasteiger partial charge in [-0.05, 0) is 42.7 Å². The van der Waals surface area contributed by atoms with Crippen molar-refractivity contribution in [2.75, 3.05) is 16.9 Å². The average Bonchev–Trinajstić information content (AvgIpc) is 2.61. The van der Waals surface area contributed by atoms with E-state index in [1.807, 2.05) is 24.3 Å². The Labute approximate surface area is 156 Å². The van der Waals surface area contributed by atoms with Crippen LogP contribution < -0.4 is 10.6 Å². The maximum Gasteiger partial charge on any atom is 0.227 e. The quantitative estimate of drug-likeness (QED) is 0.768.